The first-order chi connectivity index (χ1) is 12.7. The summed E-state index contributed by atoms with van der Waals surface area (Å²) in [4.78, 5) is 11.9. The molecule has 1 aromatic rings. The number of hydrogen-bond donors (Lipinski definition) is 2. The van der Waals surface area contributed by atoms with Gasteiger partial charge in [0.15, 0.2) is 11.8 Å². The molecule has 1 aliphatic carbocycles. The van der Waals surface area contributed by atoms with E-state index in [1.165, 1.54) is 25.7 Å². The Labute approximate surface area is 157 Å². The zero-order chi connectivity index (χ0) is 18.4. The van der Waals surface area contributed by atoms with Gasteiger partial charge in [0.2, 0.25) is 0 Å². The first kappa shape index (κ1) is 19.1. The summed E-state index contributed by atoms with van der Waals surface area (Å²) in [6.45, 7) is 7.84. The smallest absolute Gasteiger partial charge is 0.191 e. The highest BCUT2D eigenvalue weighted by Crippen LogP contribution is 2.21. The molecule has 1 saturated carbocycles. The number of nitrogens with zero attached hydrogens (tertiary/aromatic N) is 5. The molecular weight excluding hydrogens is 326 g/mol. The van der Waals surface area contributed by atoms with Gasteiger partial charge in [0.05, 0.1) is 13.1 Å². The first-order valence-electron chi connectivity index (χ1n) is 10.4. The van der Waals surface area contributed by atoms with E-state index in [4.69, 9.17) is 4.99 Å². The van der Waals surface area contributed by atoms with Crippen LogP contribution in [0.2, 0.25) is 0 Å². The van der Waals surface area contributed by atoms with Crippen molar-refractivity contribution < 1.29 is 0 Å². The molecule has 2 heterocycles. The second-order valence-corrected chi connectivity index (χ2v) is 7.54. The molecule has 146 valence electrons. The Kier molecular flexibility index (Phi) is 6.88. The second-order valence-electron chi connectivity index (χ2n) is 7.54. The largest absolute Gasteiger partial charge is 0.357 e. The molecule has 2 aliphatic rings. The van der Waals surface area contributed by atoms with E-state index in [0.29, 0.717) is 6.04 Å². The van der Waals surface area contributed by atoms with Crippen LogP contribution in [0.5, 0.6) is 0 Å². The summed E-state index contributed by atoms with van der Waals surface area (Å²) in [5, 5.41) is 11.6. The lowest BCUT2D eigenvalue weighted by atomic mass is 10.1. The number of aromatic nitrogens is 3. The van der Waals surface area contributed by atoms with Crippen molar-refractivity contribution in [2.24, 2.45) is 4.99 Å². The van der Waals surface area contributed by atoms with E-state index in [2.05, 4.69) is 51.2 Å². The molecule has 2 N–H and O–H groups in total. The van der Waals surface area contributed by atoms with Crippen LogP contribution < -0.4 is 10.6 Å². The Hall–Kier alpha value is -1.63. The fourth-order valence-electron chi connectivity index (χ4n) is 3.99. The summed E-state index contributed by atoms with van der Waals surface area (Å²) in [5.41, 5.74) is 0. The summed E-state index contributed by atoms with van der Waals surface area (Å²) in [7, 11) is 2.24. The normalized spacial score (nSPS) is 21.2. The number of rotatable bonds is 7. The molecule has 1 aromatic heterocycles. The lowest BCUT2D eigenvalue weighted by Gasteiger charge is -2.26. The van der Waals surface area contributed by atoms with Crippen molar-refractivity contribution in [2.75, 3.05) is 26.7 Å². The van der Waals surface area contributed by atoms with Crippen molar-refractivity contribution in [3.8, 4) is 0 Å². The van der Waals surface area contributed by atoms with E-state index in [9.17, 15) is 0 Å². The summed E-state index contributed by atoms with van der Waals surface area (Å²) in [5.74, 6) is 3.01. The summed E-state index contributed by atoms with van der Waals surface area (Å²) in [6.07, 6.45) is 8.42. The van der Waals surface area contributed by atoms with E-state index >= 15 is 0 Å². The van der Waals surface area contributed by atoms with Crippen molar-refractivity contribution >= 4 is 5.96 Å². The van der Waals surface area contributed by atoms with Crippen LogP contribution in [0.25, 0.3) is 0 Å². The van der Waals surface area contributed by atoms with Gasteiger partial charge in [-0.1, -0.05) is 19.8 Å². The summed E-state index contributed by atoms with van der Waals surface area (Å²) >= 11 is 0. The van der Waals surface area contributed by atoms with Crippen molar-refractivity contribution in [1.82, 2.24) is 30.3 Å². The van der Waals surface area contributed by atoms with Gasteiger partial charge in [0.25, 0.3) is 0 Å². The standard InChI is InChI=1S/C19H35N7/c1-4-17-23-18-11-10-15(14-26(18)24-17)22-19(20-5-2)21-12-13-25(3)16-8-6-7-9-16/h15-16H,4-14H2,1-3H3,(H2,20,21,22). The minimum absolute atomic E-state index is 0.360. The van der Waals surface area contributed by atoms with Crippen molar-refractivity contribution in [3.63, 3.8) is 0 Å². The lowest BCUT2D eigenvalue weighted by Crippen LogP contribution is -2.47. The average molecular weight is 362 g/mol. The molecule has 3 rings (SSSR count). The molecule has 7 nitrogen and oxygen atoms in total. The fourth-order valence-corrected chi connectivity index (χ4v) is 3.99. The number of hydrogen-bond acceptors (Lipinski definition) is 4. The Morgan fingerprint density at radius 1 is 1.27 bits per heavy atom. The monoisotopic (exact) mass is 361 g/mol. The van der Waals surface area contributed by atoms with Crippen LogP contribution in [-0.2, 0) is 19.4 Å². The molecular formula is C19H35N7. The Morgan fingerprint density at radius 3 is 2.81 bits per heavy atom. The van der Waals surface area contributed by atoms with Gasteiger partial charge in [-0.05, 0) is 33.2 Å². The average Bonchev–Trinajstić information content (AvgIpc) is 3.30. The van der Waals surface area contributed by atoms with Gasteiger partial charge in [-0.2, -0.15) is 5.10 Å². The predicted molar refractivity (Wildman–Crippen MR) is 106 cm³/mol. The maximum absolute atomic E-state index is 4.80. The number of fused-ring (bicyclic) bond motifs is 1. The molecule has 26 heavy (non-hydrogen) atoms. The molecule has 1 unspecified atom stereocenters. The minimum Gasteiger partial charge on any atom is -0.357 e. The number of likely N-dealkylation sites (N-methyl/N-ethyl adjacent to an activating group) is 1. The maximum atomic E-state index is 4.80. The lowest BCUT2D eigenvalue weighted by molar-refractivity contribution is 0.252. The van der Waals surface area contributed by atoms with Crippen molar-refractivity contribution in [2.45, 2.75) is 77.4 Å². The summed E-state index contributed by atoms with van der Waals surface area (Å²) in [6, 6.07) is 1.12. The SMILES string of the molecule is CCNC(=NCCN(C)C1CCCC1)NC1CCc2nc(CC)nn2C1. The molecule has 1 fully saturated rings. The van der Waals surface area contributed by atoms with E-state index in [0.717, 1.165) is 69.1 Å². The fraction of sp³-hybridized carbons (Fsp3) is 0.842. The van der Waals surface area contributed by atoms with Crippen LogP contribution in [0.1, 0.15) is 57.6 Å². The number of guanidine groups is 1. The van der Waals surface area contributed by atoms with Gasteiger partial charge < -0.3 is 15.5 Å². The molecule has 0 aromatic carbocycles. The van der Waals surface area contributed by atoms with Crippen LogP contribution in [0.4, 0.5) is 0 Å². The van der Waals surface area contributed by atoms with Crippen molar-refractivity contribution in [3.05, 3.63) is 11.6 Å². The third kappa shape index (κ3) is 4.96. The molecule has 0 radical (unpaired) electrons. The van der Waals surface area contributed by atoms with Gasteiger partial charge >= 0.3 is 0 Å². The van der Waals surface area contributed by atoms with Crippen LogP contribution in [0, 0.1) is 0 Å². The molecule has 0 amide bonds. The highest BCUT2D eigenvalue weighted by atomic mass is 15.4. The van der Waals surface area contributed by atoms with E-state index in [1.807, 2.05) is 0 Å². The molecule has 1 atom stereocenters. The van der Waals surface area contributed by atoms with Gasteiger partial charge in [-0.3, -0.25) is 4.99 Å². The Bertz CT molecular complexity index is 589. The topological polar surface area (TPSA) is 70.4 Å². The van der Waals surface area contributed by atoms with Crippen molar-refractivity contribution in [1.29, 1.82) is 0 Å². The summed E-state index contributed by atoms with van der Waals surface area (Å²) < 4.78 is 2.07. The molecule has 0 saturated heterocycles. The quantitative estimate of drug-likeness (QED) is 0.570. The van der Waals surface area contributed by atoms with Gasteiger partial charge in [0, 0.05) is 38.0 Å². The van der Waals surface area contributed by atoms with E-state index < -0.39 is 0 Å². The van der Waals surface area contributed by atoms with Crippen LogP contribution in [0.3, 0.4) is 0 Å². The molecule has 1 aliphatic heterocycles. The minimum atomic E-state index is 0.360. The number of aliphatic imine (C=N–C) groups is 1. The van der Waals surface area contributed by atoms with Crippen LogP contribution in [-0.4, -0.2) is 64.4 Å². The second kappa shape index (κ2) is 9.35. The zero-order valence-corrected chi connectivity index (χ0v) is 16.7. The van der Waals surface area contributed by atoms with Crippen LogP contribution in [0.15, 0.2) is 4.99 Å². The highest BCUT2D eigenvalue weighted by Gasteiger charge is 2.22. The number of aryl methyl sites for hydroxylation is 2. The number of nitrogens with one attached hydrogen (secondary N) is 2. The highest BCUT2D eigenvalue weighted by molar-refractivity contribution is 5.80. The molecule has 7 heteroatoms. The van der Waals surface area contributed by atoms with E-state index in [1.54, 1.807) is 0 Å². The molecule has 0 spiro atoms. The molecule has 0 bridgehead atoms. The van der Waals surface area contributed by atoms with Gasteiger partial charge in [0.1, 0.15) is 5.82 Å². The Morgan fingerprint density at radius 2 is 2.08 bits per heavy atom. The van der Waals surface area contributed by atoms with E-state index in [-0.39, 0.29) is 0 Å². The maximum Gasteiger partial charge on any atom is 0.191 e. The van der Waals surface area contributed by atoms with Crippen LogP contribution >= 0.6 is 0 Å². The van der Waals surface area contributed by atoms with Gasteiger partial charge in [-0.25, -0.2) is 9.67 Å². The van der Waals surface area contributed by atoms with Gasteiger partial charge in [-0.15, -0.1) is 0 Å². The Balaban J connectivity index is 1.51. The zero-order valence-electron chi connectivity index (χ0n) is 16.7. The third-order valence-corrected chi connectivity index (χ3v) is 5.57. The third-order valence-electron chi connectivity index (χ3n) is 5.57. The predicted octanol–water partition coefficient (Wildman–Crippen LogP) is 1.58. The first-order valence-corrected chi connectivity index (χ1v) is 10.4.